The first-order valence-electron chi connectivity index (χ1n) is 7.87. The summed E-state index contributed by atoms with van der Waals surface area (Å²) in [5.41, 5.74) is 0. The van der Waals surface area contributed by atoms with Gasteiger partial charge >= 0.3 is 0 Å². The molecule has 0 aromatic carbocycles. The second kappa shape index (κ2) is 7.51. The quantitative estimate of drug-likeness (QED) is 0.772. The van der Waals surface area contributed by atoms with E-state index in [-0.39, 0.29) is 0 Å². The first-order chi connectivity index (χ1) is 10.8. The molecule has 0 radical (unpaired) electrons. The molecule has 3 heterocycles. The lowest BCUT2D eigenvalue weighted by Gasteiger charge is -2.34. The van der Waals surface area contributed by atoms with Gasteiger partial charge in [-0.25, -0.2) is 0 Å². The minimum atomic E-state index is 0.475. The molecule has 0 spiro atoms. The summed E-state index contributed by atoms with van der Waals surface area (Å²) in [6.45, 7) is 3.32. The van der Waals surface area contributed by atoms with Gasteiger partial charge in [-0.1, -0.05) is 11.6 Å². The van der Waals surface area contributed by atoms with Gasteiger partial charge in [0.1, 0.15) is 0 Å². The Balaban J connectivity index is 1.59. The van der Waals surface area contributed by atoms with E-state index in [2.05, 4.69) is 20.1 Å². The van der Waals surface area contributed by atoms with Crippen LogP contribution in [0.25, 0.3) is 0 Å². The zero-order valence-corrected chi connectivity index (χ0v) is 13.0. The Morgan fingerprint density at radius 3 is 3.18 bits per heavy atom. The Labute approximate surface area is 130 Å². The molecule has 0 amide bonds. The van der Waals surface area contributed by atoms with Crippen molar-refractivity contribution in [3.8, 4) is 0 Å². The van der Waals surface area contributed by atoms with Crippen LogP contribution >= 0.6 is 0 Å². The molecule has 1 aliphatic heterocycles. The van der Waals surface area contributed by atoms with Crippen molar-refractivity contribution < 1.29 is 9.26 Å². The minimum Gasteiger partial charge on any atom is -0.384 e. The second-order valence-electron chi connectivity index (χ2n) is 5.70. The molecule has 0 bridgehead atoms. The Kier molecular flexibility index (Phi) is 5.18. The van der Waals surface area contributed by atoms with Crippen LogP contribution in [0.2, 0.25) is 0 Å². The van der Waals surface area contributed by atoms with Gasteiger partial charge < -0.3 is 9.26 Å². The second-order valence-corrected chi connectivity index (χ2v) is 5.70. The SMILES string of the molecule is COCCc1noc(CN2CCCC[C@@H]2Cn2cccn2)n1. The van der Waals surface area contributed by atoms with Crippen molar-refractivity contribution in [3.05, 3.63) is 30.2 Å². The van der Waals surface area contributed by atoms with Crippen molar-refractivity contribution in [3.63, 3.8) is 0 Å². The predicted molar refractivity (Wildman–Crippen MR) is 80.2 cm³/mol. The average Bonchev–Trinajstić information content (AvgIpc) is 3.19. The number of aromatic nitrogens is 4. The lowest BCUT2D eigenvalue weighted by atomic mass is 10.0. The van der Waals surface area contributed by atoms with Gasteiger partial charge in [0.2, 0.25) is 5.89 Å². The third-order valence-electron chi connectivity index (χ3n) is 4.08. The molecule has 1 saturated heterocycles. The largest absolute Gasteiger partial charge is 0.384 e. The maximum absolute atomic E-state index is 5.37. The summed E-state index contributed by atoms with van der Waals surface area (Å²) < 4.78 is 12.4. The number of methoxy groups -OCH3 is 1. The van der Waals surface area contributed by atoms with Gasteiger partial charge in [-0.05, 0) is 25.5 Å². The fourth-order valence-corrected chi connectivity index (χ4v) is 2.92. The monoisotopic (exact) mass is 305 g/mol. The average molecular weight is 305 g/mol. The molecule has 1 fully saturated rings. The molecule has 120 valence electrons. The molecule has 3 rings (SSSR count). The van der Waals surface area contributed by atoms with E-state index in [0.29, 0.717) is 31.5 Å². The van der Waals surface area contributed by atoms with Crippen molar-refractivity contribution in [1.82, 2.24) is 24.8 Å². The number of nitrogens with zero attached hydrogens (tertiary/aromatic N) is 5. The number of piperidine rings is 1. The molecule has 0 aliphatic carbocycles. The molecule has 0 saturated carbocycles. The Bertz CT molecular complexity index is 554. The van der Waals surface area contributed by atoms with E-state index < -0.39 is 0 Å². The lowest BCUT2D eigenvalue weighted by molar-refractivity contribution is 0.108. The molecule has 7 nitrogen and oxygen atoms in total. The molecule has 0 unspecified atom stereocenters. The Hall–Kier alpha value is -1.73. The summed E-state index contributed by atoms with van der Waals surface area (Å²) >= 11 is 0. The van der Waals surface area contributed by atoms with E-state index in [9.17, 15) is 0 Å². The van der Waals surface area contributed by atoms with E-state index in [1.807, 2.05) is 23.1 Å². The summed E-state index contributed by atoms with van der Waals surface area (Å²) in [5, 5.41) is 8.32. The molecule has 0 N–H and O–H groups in total. The van der Waals surface area contributed by atoms with E-state index in [1.54, 1.807) is 7.11 Å². The molecule has 22 heavy (non-hydrogen) atoms. The van der Waals surface area contributed by atoms with Crippen LogP contribution in [0.15, 0.2) is 23.0 Å². The van der Waals surface area contributed by atoms with Crippen molar-refractivity contribution in [2.75, 3.05) is 20.3 Å². The molecular weight excluding hydrogens is 282 g/mol. The van der Waals surface area contributed by atoms with Crippen LogP contribution < -0.4 is 0 Å². The summed E-state index contributed by atoms with van der Waals surface area (Å²) in [6, 6.07) is 2.44. The zero-order chi connectivity index (χ0) is 15.2. The first-order valence-corrected chi connectivity index (χ1v) is 7.87. The molecular formula is C15H23N5O2. The maximum atomic E-state index is 5.37. The van der Waals surface area contributed by atoms with Gasteiger partial charge in [0.05, 0.1) is 19.7 Å². The topological polar surface area (TPSA) is 69.2 Å². The standard InChI is InChI=1S/C15H23N5O2/c1-21-10-6-14-17-15(22-18-14)12-19-8-3-2-5-13(19)11-20-9-4-7-16-20/h4,7,9,13H,2-3,5-6,8,10-12H2,1H3/t13-/m1/s1. The summed E-state index contributed by atoms with van der Waals surface area (Å²) in [6.07, 6.45) is 8.21. The van der Waals surface area contributed by atoms with E-state index in [4.69, 9.17) is 9.26 Å². The fourth-order valence-electron chi connectivity index (χ4n) is 2.92. The Morgan fingerprint density at radius 1 is 1.41 bits per heavy atom. The number of likely N-dealkylation sites (tertiary alicyclic amines) is 1. The summed E-state index contributed by atoms with van der Waals surface area (Å²) in [7, 11) is 1.68. The normalized spacial score (nSPS) is 19.6. The maximum Gasteiger partial charge on any atom is 0.240 e. The molecule has 2 aromatic heterocycles. The van der Waals surface area contributed by atoms with Gasteiger partial charge in [-0.2, -0.15) is 10.1 Å². The van der Waals surface area contributed by atoms with Gasteiger partial charge in [0, 0.05) is 32.0 Å². The van der Waals surface area contributed by atoms with E-state index in [1.165, 1.54) is 19.3 Å². The molecule has 1 aliphatic rings. The van der Waals surface area contributed by atoms with Gasteiger partial charge in [0.15, 0.2) is 5.82 Å². The number of hydrogen-bond acceptors (Lipinski definition) is 6. The van der Waals surface area contributed by atoms with Crippen molar-refractivity contribution in [2.24, 2.45) is 0 Å². The lowest BCUT2D eigenvalue weighted by Crippen LogP contribution is -2.41. The zero-order valence-electron chi connectivity index (χ0n) is 13.0. The Morgan fingerprint density at radius 2 is 2.36 bits per heavy atom. The highest BCUT2D eigenvalue weighted by Crippen LogP contribution is 2.20. The highest BCUT2D eigenvalue weighted by molar-refractivity contribution is 4.89. The van der Waals surface area contributed by atoms with Gasteiger partial charge in [-0.15, -0.1) is 0 Å². The molecule has 1 atom stereocenters. The fraction of sp³-hybridized carbons (Fsp3) is 0.667. The van der Waals surface area contributed by atoms with Crippen LogP contribution in [-0.2, 0) is 24.2 Å². The first kappa shape index (κ1) is 15.2. The summed E-state index contributed by atoms with van der Waals surface area (Å²) in [4.78, 5) is 6.88. The molecule has 2 aromatic rings. The van der Waals surface area contributed by atoms with Crippen LogP contribution in [0.5, 0.6) is 0 Å². The van der Waals surface area contributed by atoms with Gasteiger partial charge in [0.25, 0.3) is 0 Å². The van der Waals surface area contributed by atoms with E-state index >= 15 is 0 Å². The third kappa shape index (κ3) is 3.92. The van der Waals surface area contributed by atoms with Crippen LogP contribution in [0.1, 0.15) is 31.0 Å². The van der Waals surface area contributed by atoms with Crippen molar-refractivity contribution in [2.45, 2.75) is 44.8 Å². The van der Waals surface area contributed by atoms with Crippen LogP contribution in [-0.4, -0.2) is 51.1 Å². The van der Waals surface area contributed by atoms with Gasteiger partial charge in [-0.3, -0.25) is 9.58 Å². The highest BCUT2D eigenvalue weighted by atomic mass is 16.5. The highest BCUT2D eigenvalue weighted by Gasteiger charge is 2.24. The van der Waals surface area contributed by atoms with Crippen LogP contribution in [0.4, 0.5) is 0 Å². The predicted octanol–water partition coefficient (Wildman–Crippen LogP) is 1.51. The summed E-state index contributed by atoms with van der Waals surface area (Å²) in [5.74, 6) is 1.41. The smallest absolute Gasteiger partial charge is 0.240 e. The number of ether oxygens (including phenoxy) is 1. The minimum absolute atomic E-state index is 0.475. The van der Waals surface area contributed by atoms with Crippen molar-refractivity contribution >= 4 is 0 Å². The number of hydrogen-bond donors (Lipinski definition) is 0. The van der Waals surface area contributed by atoms with Crippen LogP contribution in [0, 0.1) is 0 Å². The third-order valence-corrected chi connectivity index (χ3v) is 4.08. The molecule has 7 heteroatoms. The number of rotatable bonds is 7. The van der Waals surface area contributed by atoms with E-state index in [0.717, 1.165) is 18.9 Å². The van der Waals surface area contributed by atoms with Crippen molar-refractivity contribution in [1.29, 1.82) is 0 Å². The van der Waals surface area contributed by atoms with Crippen LogP contribution in [0.3, 0.4) is 0 Å².